The Morgan fingerprint density at radius 3 is 2.76 bits per heavy atom. The zero-order chi connectivity index (χ0) is 15.0. The molecule has 7 nitrogen and oxygen atoms in total. The highest BCUT2D eigenvalue weighted by Gasteiger charge is 2.21. The predicted molar refractivity (Wildman–Crippen MR) is 78.9 cm³/mol. The van der Waals surface area contributed by atoms with Crippen LogP contribution in [0.5, 0.6) is 0 Å². The summed E-state index contributed by atoms with van der Waals surface area (Å²) >= 11 is 1.42. The van der Waals surface area contributed by atoms with Crippen LogP contribution in [0.2, 0.25) is 0 Å². The minimum atomic E-state index is -0.478. The second-order valence-corrected chi connectivity index (χ2v) is 5.62. The van der Waals surface area contributed by atoms with Crippen LogP contribution in [-0.2, 0) is 0 Å². The number of benzene rings is 1. The Labute approximate surface area is 123 Å². The smallest absolute Gasteiger partial charge is 0.280 e. The van der Waals surface area contributed by atoms with Crippen molar-refractivity contribution < 1.29 is 9.45 Å². The summed E-state index contributed by atoms with van der Waals surface area (Å²) in [6.45, 7) is 1.92. The maximum atomic E-state index is 11.0. The lowest BCUT2D eigenvalue weighted by Gasteiger charge is -1.96. The molecule has 0 aliphatic heterocycles. The molecule has 0 fully saturated rings. The monoisotopic (exact) mass is 302 g/mol. The van der Waals surface area contributed by atoms with E-state index in [0.717, 1.165) is 4.88 Å². The van der Waals surface area contributed by atoms with Gasteiger partial charge in [0.1, 0.15) is 5.56 Å². The maximum Gasteiger partial charge on any atom is 0.280 e. The number of aryl methyl sites for hydroxylation is 1. The third-order valence-corrected chi connectivity index (χ3v) is 3.76. The summed E-state index contributed by atoms with van der Waals surface area (Å²) in [6, 6.07) is 8.09. The molecule has 8 heteroatoms. The summed E-state index contributed by atoms with van der Waals surface area (Å²) < 4.78 is 5.18. The van der Waals surface area contributed by atoms with E-state index in [4.69, 9.17) is 10.3 Å². The van der Waals surface area contributed by atoms with Crippen molar-refractivity contribution in [3.8, 4) is 22.8 Å². The first-order chi connectivity index (χ1) is 10.1. The van der Waals surface area contributed by atoms with Crippen molar-refractivity contribution in [3.63, 3.8) is 0 Å². The Hall–Kier alpha value is -2.74. The van der Waals surface area contributed by atoms with Gasteiger partial charge in [-0.1, -0.05) is 17.3 Å². The molecule has 0 saturated carbocycles. The van der Waals surface area contributed by atoms with Crippen molar-refractivity contribution in [2.75, 3.05) is 5.73 Å². The lowest BCUT2D eigenvalue weighted by atomic mass is 10.1. The largest absolute Gasteiger partial charge is 0.390 e. The Bertz CT molecular complexity index is 824. The first-order valence-corrected chi connectivity index (χ1v) is 6.81. The molecule has 0 bridgehead atoms. The first kappa shape index (κ1) is 13.3. The molecule has 3 rings (SSSR count). The van der Waals surface area contributed by atoms with Crippen molar-refractivity contribution in [2.45, 2.75) is 6.92 Å². The van der Waals surface area contributed by atoms with Crippen molar-refractivity contribution >= 4 is 22.0 Å². The molecular formula is C13H10N4O3S. The lowest BCUT2D eigenvalue weighted by Crippen LogP contribution is -1.92. The Morgan fingerprint density at radius 2 is 2.10 bits per heavy atom. The summed E-state index contributed by atoms with van der Waals surface area (Å²) in [4.78, 5) is 15.8. The van der Waals surface area contributed by atoms with Crippen molar-refractivity contribution in [1.29, 1.82) is 0 Å². The molecule has 0 unspecified atom stereocenters. The van der Waals surface area contributed by atoms with E-state index in [0.29, 0.717) is 16.1 Å². The van der Waals surface area contributed by atoms with Crippen LogP contribution < -0.4 is 5.73 Å². The predicted octanol–water partition coefficient (Wildman–Crippen LogP) is 3.26. The van der Waals surface area contributed by atoms with Crippen molar-refractivity contribution in [3.05, 3.63) is 45.3 Å². The molecule has 1 aromatic carbocycles. The Balaban J connectivity index is 2.07. The van der Waals surface area contributed by atoms with Gasteiger partial charge in [0.25, 0.3) is 11.6 Å². The van der Waals surface area contributed by atoms with E-state index < -0.39 is 4.92 Å². The van der Waals surface area contributed by atoms with E-state index >= 15 is 0 Å². The number of hydrogen-bond donors (Lipinski definition) is 1. The van der Waals surface area contributed by atoms with E-state index in [1.807, 2.05) is 13.0 Å². The molecule has 0 atom stereocenters. The van der Waals surface area contributed by atoms with Crippen molar-refractivity contribution in [1.82, 2.24) is 10.1 Å². The van der Waals surface area contributed by atoms with Gasteiger partial charge in [-0.2, -0.15) is 4.98 Å². The molecule has 106 valence electrons. The normalized spacial score (nSPS) is 10.7. The third kappa shape index (κ3) is 2.36. The van der Waals surface area contributed by atoms with Crippen molar-refractivity contribution in [2.24, 2.45) is 0 Å². The number of aromatic nitrogens is 2. The topological polar surface area (TPSA) is 108 Å². The maximum absolute atomic E-state index is 11.0. The zero-order valence-corrected chi connectivity index (χ0v) is 11.8. The molecule has 0 saturated heterocycles. The van der Waals surface area contributed by atoms with Crippen LogP contribution in [0.15, 0.2) is 34.9 Å². The SMILES string of the molecule is Cc1cc(-c2nc(-c3ccccc3[N+](=O)[O-])no2)c(N)s1. The fourth-order valence-corrected chi connectivity index (χ4v) is 2.74. The second-order valence-electron chi connectivity index (χ2n) is 4.33. The van der Waals surface area contributed by atoms with E-state index in [1.165, 1.54) is 17.4 Å². The van der Waals surface area contributed by atoms with Gasteiger partial charge in [0, 0.05) is 10.9 Å². The zero-order valence-electron chi connectivity index (χ0n) is 10.9. The number of nitrogens with zero attached hydrogens (tertiary/aromatic N) is 3. The van der Waals surface area contributed by atoms with Crippen LogP contribution in [0.25, 0.3) is 22.8 Å². The third-order valence-electron chi connectivity index (χ3n) is 2.88. The number of nitro groups is 1. The van der Waals surface area contributed by atoms with E-state index in [1.54, 1.807) is 18.2 Å². The summed E-state index contributed by atoms with van der Waals surface area (Å²) in [5.74, 6) is 0.422. The van der Waals surface area contributed by atoms with E-state index in [2.05, 4.69) is 10.1 Å². The number of para-hydroxylation sites is 1. The lowest BCUT2D eigenvalue weighted by molar-refractivity contribution is -0.384. The van der Waals surface area contributed by atoms with Gasteiger partial charge in [-0.05, 0) is 19.1 Å². The molecule has 0 spiro atoms. The molecule has 0 amide bonds. The molecule has 0 radical (unpaired) electrons. The number of nitrogen functional groups attached to an aromatic ring is 1. The quantitative estimate of drug-likeness (QED) is 0.587. The highest BCUT2D eigenvalue weighted by atomic mass is 32.1. The van der Waals surface area contributed by atoms with Crippen LogP contribution in [0, 0.1) is 17.0 Å². The summed E-state index contributed by atoms with van der Waals surface area (Å²) in [6.07, 6.45) is 0. The average Bonchev–Trinajstić information content (AvgIpc) is 3.05. The van der Waals surface area contributed by atoms with Gasteiger partial charge >= 0.3 is 0 Å². The summed E-state index contributed by atoms with van der Waals surface area (Å²) in [5, 5.41) is 15.4. The van der Waals surface area contributed by atoms with Gasteiger partial charge in [-0.15, -0.1) is 11.3 Å². The number of nitro benzene ring substituents is 1. The molecule has 2 aromatic heterocycles. The van der Waals surface area contributed by atoms with E-state index in [9.17, 15) is 10.1 Å². The number of hydrogen-bond acceptors (Lipinski definition) is 7. The number of rotatable bonds is 3. The van der Waals surface area contributed by atoms with Crippen LogP contribution in [0.1, 0.15) is 4.88 Å². The van der Waals surface area contributed by atoms with Gasteiger partial charge in [-0.3, -0.25) is 10.1 Å². The number of nitrogens with two attached hydrogens (primary N) is 1. The van der Waals surface area contributed by atoms with Crippen LogP contribution in [0.4, 0.5) is 10.7 Å². The second kappa shape index (κ2) is 4.98. The summed E-state index contributed by atoms with van der Waals surface area (Å²) in [5.41, 5.74) is 6.77. The van der Waals surface area contributed by atoms with Gasteiger partial charge < -0.3 is 10.3 Å². The van der Waals surface area contributed by atoms with Gasteiger partial charge in [-0.25, -0.2) is 0 Å². The highest BCUT2D eigenvalue weighted by Crippen LogP contribution is 2.34. The first-order valence-electron chi connectivity index (χ1n) is 6.00. The van der Waals surface area contributed by atoms with Gasteiger partial charge in [0.05, 0.1) is 15.5 Å². The summed E-state index contributed by atoms with van der Waals surface area (Å²) in [7, 11) is 0. The molecule has 0 aliphatic rings. The molecular weight excluding hydrogens is 292 g/mol. The molecule has 2 heterocycles. The molecule has 2 N–H and O–H groups in total. The van der Waals surface area contributed by atoms with Gasteiger partial charge in [0.15, 0.2) is 0 Å². The van der Waals surface area contributed by atoms with E-state index in [-0.39, 0.29) is 17.4 Å². The minimum absolute atomic E-state index is 0.0701. The Morgan fingerprint density at radius 1 is 1.33 bits per heavy atom. The van der Waals surface area contributed by atoms with Crippen LogP contribution in [-0.4, -0.2) is 15.1 Å². The molecule has 21 heavy (non-hydrogen) atoms. The average molecular weight is 302 g/mol. The number of anilines is 1. The van der Waals surface area contributed by atoms with Crippen LogP contribution >= 0.6 is 11.3 Å². The minimum Gasteiger partial charge on any atom is -0.390 e. The molecule has 0 aliphatic carbocycles. The van der Waals surface area contributed by atoms with Gasteiger partial charge in [0.2, 0.25) is 5.82 Å². The number of thiophene rings is 1. The highest BCUT2D eigenvalue weighted by molar-refractivity contribution is 7.16. The fourth-order valence-electron chi connectivity index (χ4n) is 1.96. The standard InChI is InChI=1S/C13H10N4O3S/c1-7-6-9(11(14)21-7)13-15-12(16-20-13)8-4-2-3-5-10(8)17(18)19/h2-6H,14H2,1H3. The van der Waals surface area contributed by atoms with Crippen LogP contribution in [0.3, 0.4) is 0 Å². The molecule has 3 aromatic rings. The Kier molecular flexibility index (Phi) is 3.15. The fraction of sp³-hybridized carbons (Fsp3) is 0.0769.